The lowest BCUT2D eigenvalue weighted by Gasteiger charge is -2.19. The molecule has 0 heterocycles. The molecule has 1 aromatic carbocycles. The summed E-state index contributed by atoms with van der Waals surface area (Å²) in [6.07, 6.45) is -5.72. The van der Waals surface area contributed by atoms with Gasteiger partial charge in [-0.25, -0.2) is 4.79 Å². The number of halogens is 5. The molecule has 1 aromatic rings. The number of aromatic carboxylic acids is 1. The molecule has 0 aromatic heterocycles. The van der Waals surface area contributed by atoms with Crippen molar-refractivity contribution in [2.24, 2.45) is 0 Å². The first kappa shape index (κ1) is 16.2. The molecule has 4 nitrogen and oxygen atoms in total. The standard InChI is InChI=1S/C11H10F5NO3/c12-10(13,11(14,15)16)5-20-4-6-2-1-3-7(17)8(6)9(18)19/h1-3H,4-5,17H2,(H,18,19). The number of carbonyl (C=O) groups is 1. The number of rotatable bonds is 5. The number of nitrogen functional groups attached to an aromatic ring is 1. The minimum absolute atomic E-state index is 0.0875. The molecular weight excluding hydrogens is 289 g/mol. The monoisotopic (exact) mass is 299 g/mol. The second-order valence-corrected chi connectivity index (χ2v) is 3.88. The highest BCUT2D eigenvalue weighted by Gasteiger charge is 2.57. The molecule has 9 heteroatoms. The van der Waals surface area contributed by atoms with Crippen LogP contribution >= 0.6 is 0 Å². The van der Waals surface area contributed by atoms with E-state index in [2.05, 4.69) is 4.74 Å². The first-order chi connectivity index (χ1) is 9.06. The molecule has 0 radical (unpaired) electrons. The zero-order chi connectivity index (χ0) is 15.6. The van der Waals surface area contributed by atoms with E-state index in [1.807, 2.05) is 0 Å². The third-order valence-electron chi connectivity index (χ3n) is 2.35. The van der Waals surface area contributed by atoms with E-state index in [4.69, 9.17) is 10.8 Å². The van der Waals surface area contributed by atoms with Gasteiger partial charge >= 0.3 is 18.1 Å². The van der Waals surface area contributed by atoms with Gasteiger partial charge in [0.05, 0.1) is 12.2 Å². The van der Waals surface area contributed by atoms with Gasteiger partial charge in [0.1, 0.15) is 6.61 Å². The number of benzene rings is 1. The Morgan fingerprint density at radius 3 is 2.35 bits per heavy atom. The fourth-order valence-electron chi connectivity index (χ4n) is 1.37. The van der Waals surface area contributed by atoms with Crippen molar-refractivity contribution in [1.82, 2.24) is 0 Å². The fourth-order valence-corrected chi connectivity index (χ4v) is 1.37. The topological polar surface area (TPSA) is 72.5 Å². The lowest BCUT2D eigenvalue weighted by Crippen LogP contribution is -2.40. The maximum atomic E-state index is 12.6. The van der Waals surface area contributed by atoms with E-state index >= 15 is 0 Å². The van der Waals surface area contributed by atoms with Crippen LogP contribution in [0.25, 0.3) is 0 Å². The van der Waals surface area contributed by atoms with Gasteiger partial charge in [-0.2, -0.15) is 22.0 Å². The lowest BCUT2D eigenvalue weighted by molar-refractivity contribution is -0.297. The summed E-state index contributed by atoms with van der Waals surface area (Å²) in [6, 6.07) is 3.81. The summed E-state index contributed by atoms with van der Waals surface area (Å²) in [5, 5.41) is 8.87. The van der Waals surface area contributed by atoms with Crippen molar-refractivity contribution in [3.05, 3.63) is 29.3 Å². The Bertz CT molecular complexity index is 501. The molecule has 3 N–H and O–H groups in total. The number of ether oxygens (including phenoxy) is 1. The second-order valence-electron chi connectivity index (χ2n) is 3.88. The van der Waals surface area contributed by atoms with Crippen LogP contribution in [0.4, 0.5) is 27.6 Å². The van der Waals surface area contributed by atoms with Crippen molar-refractivity contribution in [2.75, 3.05) is 12.3 Å². The van der Waals surface area contributed by atoms with E-state index in [-0.39, 0.29) is 16.8 Å². The molecule has 0 atom stereocenters. The SMILES string of the molecule is Nc1cccc(COCC(F)(F)C(F)(F)F)c1C(=O)O. The molecule has 1 rings (SSSR count). The van der Waals surface area contributed by atoms with Gasteiger partial charge in [-0.15, -0.1) is 0 Å². The highest BCUT2D eigenvalue weighted by Crippen LogP contribution is 2.35. The van der Waals surface area contributed by atoms with Gasteiger partial charge in [0.25, 0.3) is 0 Å². The Hall–Kier alpha value is -1.90. The molecule has 0 aliphatic carbocycles. The molecule has 0 unspecified atom stereocenters. The summed E-state index contributed by atoms with van der Waals surface area (Å²) in [5.41, 5.74) is 4.77. The quantitative estimate of drug-likeness (QED) is 0.647. The van der Waals surface area contributed by atoms with Gasteiger partial charge in [0, 0.05) is 5.69 Å². The molecule has 0 aliphatic rings. The van der Waals surface area contributed by atoms with Crippen LogP contribution in [0.15, 0.2) is 18.2 Å². The maximum Gasteiger partial charge on any atom is 0.455 e. The van der Waals surface area contributed by atoms with Crippen LogP contribution in [0.2, 0.25) is 0 Å². The number of carboxylic acids is 1. The van der Waals surface area contributed by atoms with Gasteiger partial charge in [-0.05, 0) is 11.6 Å². The van der Waals surface area contributed by atoms with Gasteiger partial charge in [0.2, 0.25) is 0 Å². The molecule has 20 heavy (non-hydrogen) atoms. The van der Waals surface area contributed by atoms with Crippen molar-refractivity contribution in [2.45, 2.75) is 18.7 Å². The normalized spacial score (nSPS) is 12.4. The van der Waals surface area contributed by atoms with Crippen LogP contribution in [0.1, 0.15) is 15.9 Å². The number of carboxylic acid groups (broad SMARTS) is 1. The van der Waals surface area contributed by atoms with E-state index in [0.29, 0.717) is 0 Å². The summed E-state index contributed by atoms with van der Waals surface area (Å²) in [4.78, 5) is 10.9. The molecule has 112 valence electrons. The lowest BCUT2D eigenvalue weighted by atomic mass is 10.1. The minimum Gasteiger partial charge on any atom is -0.478 e. The summed E-state index contributed by atoms with van der Waals surface area (Å²) in [6.45, 7) is -2.62. The summed E-state index contributed by atoms with van der Waals surface area (Å²) < 4.78 is 65.1. The fraction of sp³-hybridized carbons (Fsp3) is 0.364. The van der Waals surface area contributed by atoms with Crippen molar-refractivity contribution in [1.29, 1.82) is 0 Å². The second kappa shape index (κ2) is 5.61. The predicted octanol–water partition coefficient (Wildman–Crippen LogP) is 2.68. The van der Waals surface area contributed by atoms with E-state index in [1.165, 1.54) is 18.2 Å². The Morgan fingerprint density at radius 2 is 1.85 bits per heavy atom. The van der Waals surface area contributed by atoms with Crippen molar-refractivity contribution >= 4 is 11.7 Å². The third-order valence-corrected chi connectivity index (χ3v) is 2.35. The van der Waals surface area contributed by atoms with E-state index < -0.39 is 31.3 Å². The number of hydrogen-bond acceptors (Lipinski definition) is 3. The highest BCUT2D eigenvalue weighted by molar-refractivity contribution is 5.95. The Labute approximate surface area is 109 Å². The first-order valence-electron chi connectivity index (χ1n) is 5.19. The molecule has 0 spiro atoms. The Kier molecular flexibility index (Phi) is 4.53. The molecule has 0 saturated carbocycles. The molecule has 0 bridgehead atoms. The first-order valence-corrected chi connectivity index (χ1v) is 5.19. The highest BCUT2D eigenvalue weighted by atomic mass is 19.4. The third kappa shape index (κ3) is 3.56. The molecular formula is C11H10F5NO3. The van der Waals surface area contributed by atoms with E-state index in [0.717, 1.165) is 0 Å². The van der Waals surface area contributed by atoms with Crippen LogP contribution in [-0.4, -0.2) is 29.8 Å². The number of hydrogen-bond donors (Lipinski definition) is 2. The minimum atomic E-state index is -5.72. The maximum absolute atomic E-state index is 12.6. The molecule has 0 amide bonds. The van der Waals surface area contributed by atoms with Gasteiger partial charge in [-0.1, -0.05) is 12.1 Å². The molecule has 0 aliphatic heterocycles. The average molecular weight is 299 g/mol. The van der Waals surface area contributed by atoms with Crippen LogP contribution in [0.5, 0.6) is 0 Å². The van der Waals surface area contributed by atoms with Crippen LogP contribution in [0.3, 0.4) is 0 Å². The van der Waals surface area contributed by atoms with Crippen LogP contribution in [0, 0.1) is 0 Å². The molecule has 0 saturated heterocycles. The summed E-state index contributed by atoms with van der Waals surface area (Å²) in [5.74, 6) is -6.43. The van der Waals surface area contributed by atoms with Crippen molar-refractivity contribution in [3.8, 4) is 0 Å². The largest absolute Gasteiger partial charge is 0.478 e. The smallest absolute Gasteiger partial charge is 0.455 e. The Morgan fingerprint density at radius 1 is 1.25 bits per heavy atom. The van der Waals surface area contributed by atoms with Gasteiger partial charge < -0.3 is 15.6 Å². The number of nitrogens with two attached hydrogens (primary N) is 1. The zero-order valence-corrected chi connectivity index (χ0v) is 9.88. The average Bonchev–Trinajstić information content (AvgIpc) is 2.26. The van der Waals surface area contributed by atoms with Gasteiger partial charge in [0.15, 0.2) is 0 Å². The number of anilines is 1. The van der Waals surface area contributed by atoms with Crippen molar-refractivity contribution < 1.29 is 36.6 Å². The Balaban J connectivity index is 2.78. The van der Waals surface area contributed by atoms with E-state index in [9.17, 15) is 26.7 Å². The summed E-state index contributed by atoms with van der Waals surface area (Å²) in [7, 11) is 0. The zero-order valence-electron chi connectivity index (χ0n) is 9.88. The molecule has 0 fully saturated rings. The summed E-state index contributed by atoms with van der Waals surface area (Å²) >= 11 is 0. The van der Waals surface area contributed by atoms with Crippen LogP contribution < -0.4 is 5.73 Å². The van der Waals surface area contributed by atoms with E-state index in [1.54, 1.807) is 0 Å². The van der Waals surface area contributed by atoms with Crippen LogP contribution in [-0.2, 0) is 11.3 Å². The predicted molar refractivity (Wildman–Crippen MR) is 58.5 cm³/mol. The van der Waals surface area contributed by atoms with Crippen molar-refractivity contribution in [3.63, 3.8) is 0 Å². The van der Waals surface area contributed by atoms with Gasteiger partial charge in [-0.3, -0.25) is 0 Å². The number of alkyl halides is 5.